The van der Waals surface area contributed by atoms with Gasteiger partial charge in [0.1, 0.15) is 0 Å². The third-order valence-corrected chi connectivity index (χ3v) is 0. The first kappa shape index (κ1) is 25.3. The van der Waals surface area contributed by atoms with Crippen molar-refractivity contribution in [2.24, 2.45) is 0 Å². The molecule has 0 atom stereocenters. The molecular weight excluding hydrogens is 363 g/mol. The largest absolute Gasteiger partial charge is 0 e. The summed E-state index contributed by atoms with van der Waals surface area (Å²) in [5, 5.41) is 0. The van der Waals surface area contributed by atoms with Crippen molar-refractivity contribution in [3.8, 4) is 0 Å². The monoisotopic (exact) mass is 365 g/mol. The van der Waals surface area contributed by atoms with E-state index in [4.69, 9.17) is 3.32 Å². The fraction of sp³-hybridized carbons (Fsp3) is 0. The molecule has 0 fully saturated rings. The average molecular weight is 366 g/mol. The maximum atomic E-state index is 8.25. The van der Waals surface area contributed by atoms with Crippen LogP contribution < -0.4 is 0 Å². The van der Waals surface area contributed by atoms with E-state index in [-0.39, 0.29) is 65.9 Å². The summed E-state index contributed by atoms with van der Waals surface area (Å²) in [6.07, 6.45) is 0. The van der Waals surface area contributed by atoms with Crippen LogP contribution in [0.5, 0.6) is 0 Å². The molecule has 0 saturated carbocycles. The second kappa shape index (κ2) is 30.1. The number of hydrogen-bond acceptors (Lipinski definition) is 1. The van der Waals surface area contributed by atoms with E-state index in [0.717, 1.165) is 20.4 Å². The molecule has 0 spiro atoms. The molecular formula is H3AlOTaTiZr. The summed E-state index contributed by atoms with van der Waals surface area (Å²) in [6.45, 7) is 0. The second-order valence-corrected chi connectivity index (χ2v) is 0. The molecule has 0 aliphatic rings. The summed E-state index contributed by atoms with van der Waals surface area (Å²) in [5.74, 6) is 0. The van der Waals surface area contributed by atoms with Gasteiger partial charge in [-0.15, -0.1) is 0 Å². The molecule has 5 heavy (non-hydrogen) atoms. The summed E-state index contributed by atoms with van der Waals surface area (Å²) in [5.41, 5.74) is 0. The Kier molecular flexibility index (Phi) is 152. The Morgan fingerprint density at radius 3 is 1.20 bits per heavy atom. The normalized spacial score (nSPS) is 0.600. The van der Waals surface area contributed by atoms with Crippen molar-refractivity contribution >= 4 is 17.4 Å². The molecule has 0 saturated heterocycles. The minimum Gasteiger partial charge on any atom is 0 e. The molecule has 0 heterocycles. The van der Waals surface area contributed by atoms with Gasteiger partial charge in [-0.25, -0.2) is 0 Å². The maximum absolute atomic E-state index is 8.25. The van der Waals surface area contributed by atoms with Crippen LogP contribution in [0.4, 0.5) is 0 Å². The van der Waals surface area contributed by atoms with Gasteiger partial charge in [0.25, 0.3) is 0 Å². The van der Waals surface area contributed by atoms with E-state index in [1.165, 1.54) is 0 Å². The summed E-state index contributed by atoms with van der Waals surface area (Å²) >= 11 is 0.750. The zero-order valence-electron chi connectivity index (χ0n) is 1.86. The van der Waals surface area contributed by atoms with Crippen LogP contribution in [0.3, 0.4) is 0 Å². The van der Waals surface area contributed by atoms with Gasteiger partial charge in [-0.3, -0.25) is 0 Å². The molecule has 0 aromatic heterocycles. The predicted octanol–water partition coefficient (Wildman–Crippen LogP) is -1.31. The standard InChI is InChI=1S/Al.O.Ta.Ti.Zr.3H. The topological polar surface area (TPSA) is 17.1 Å². The molecule has 0 aliphatic heterocycles. The zero-order chi connectivity index (χ0) is 2.00. The van der Waals surface area contributed by atoms with E-state index in [9.17, 15) is 0 Å². The summed E-state index contributed by atoms with van der Waals surface area (Å²) in [7, 11) is 0. The predicted molar refractivity (Wildman–Crippen MR) is 10.6 cm³/mol. The third kappa shape index (κ3) is 20.4. The van der Waals surface area contributed by atoms with E-state index in [1.807, 2.05) is 0 Å². The molecule has 0 N–H and O–H groups in total. The first-order chi connectivity index (χ1) is 1.00. The Labute approximate surface area is 88.1 Å². The molecule has 0 aromatic rings. The SMILES string of the molecule is [AlH3].[O]=[Ti].[Ta].[Zr]. The van der Waals surface area contributed by atoms with Gasteiger partial charge >= 0.3 is 23.7 Å². The van der Waals surface area contributed by atoms with Crippen molar-refractivity contribution in [1.29, 1.82) is 0 Å². The molecule has 25 valence electrons. The van der Waals surface area contributed by atoms with E-state index < -0.39 is 0 Å². The fourth-order valence-electron chi connectivity index (χ4n) is 0. The first-order valence-electron chi connectivity index (χ1n) is 0.204. The zero-order valence-corrected chi connectivity index (χ0v) is 9.09. The minimum atomic E-state index is 0. The molecule has 1 radical (unpaired) electrons. The Hall–Kier alpha value is 2.67. The van der Waals surface area contributed by atoms with Crippen molar-refractivity contribution in [2.75, 3.05) is 0 Å². The Morgan fingerprint density at radius 1 is 1.20 bits per heavy atom. The summed E-state index contributed by atoms with van der Waals surface area (Å²) in [4.78, 5) is 0. The van der Waals surface area contributed by atoms with Gasteiger partial charge in [-0.2, -0.15) is 0 Å². The molecule has 0 unspecified atom stereocenters. The van der Waals surface area contributed by atoms with Crippen LogP contribution in [0, 0.1) is 0 Å². The quantitative estimate of drug-likeness (QED) is 0.487. The molecule has 0 amide bonds. The van der Waals surface area contributed by atoms with Crippen molar-refractivity contribution in [2.45, 2.75) is 0 Å². The Morgan fingerprint density at radius 2 is 1.20 bits per heavy atom. The van der Waals surface area contributed by atoms with Crippen LogP contribution in [0.15, 0.2) is 0 Å². The van der Waals surface area contributed by atoms with Gasteiger partial charge in [0.2, 0.25) is 0 Å². The average Bonchev–Trinajstić information content (AvgIpc) is 1.00. The van der Waals surface area contributed by atoms with Gasteiger partial charge in [-0.1, -0.05) is 0 Å². The number of hydrogen-bond donors (Lipinski definition) is 0. The van der Waals surface area contributed by atoms with Gasteiger partial charge in [0, 0.05) is 48.6 Å². The third-order valence-electron chi connectivity index (χ3n) is 0. The number of rotatable bonds is 0. The molecule has 0 bridgehead atoms. The van der Waals surface area contributed by atoms with Crippen LogP contribution in [0.25, 0.3) is 0 Å². The van der Waals surface area contributed by atoms with E-state index in [2.05, 4.69) is 0 Å². The van der Waals surface area contributed by atoms with Crippen molar-refractivity contribution < 1.29 is 72.3 Å². The molecule has 5 heteroatoms. The van der Waals surface area contributed by atoms with E-state index in [1.54, 1.807) is 0 Å². The van der Waals surface area contributed by atoms with Gasteiger partial charge < -0.3 is 0 Å². The minimum absolute atomic E-state index is 0. The van der Waals surface area contributed by atoms with E-state index in [0.29, 0.717) is 0 Å². The van der Waals surface area contributed by atoms with Crippen molar-refractivity contribution in [3.63, 3.8) is 0 Å². The van der Waals surface area contributed by atoms with E-state index >= 15 is 0 Å². The Balaban J connectivity index is -0.00000000167. The van der Waals surface area contributed by atoms with Gasteiger partial charge in [-0.05, 0) is 0 Å². The molecule has 0 rings (SSSR count). The molecule has 0 aliphatic carbocycles. The summed E-state index contributed by atoms with van der Waals surface area (Å²) < 4.78 is 8.25. The first-order valence-corrected chi connectivity index (χ1v) is 0.842. The fourth-order valence-corrected chi connectivity index (χ4v) is 0. The van der Waals surface area contributed by atoms with Crippen LogP contribution in [-0.2, 0) is 72.3 Å². The molecule has 0 aromatic carbocycles. The van der Waals surface area contributed by atoms with Gasteiger partial charge in [0.05, 0.1) is 0 Å². The summed E-state index contributed by atoms with van der Waals surface area (Å²) in [6, 6.07) is 0. The van der Waals surface area contributed by atoms with Crippen LogP contribution in [0.2, 0.25) is 0 Å². The van der Waals surface area contributed by atoms with Crippen molar-refractivity contribution in [1.82, 2.24) is 0 Å². The Bertz CT molecular complexity index is 11.6. The van der Waals surface area contributed by atoms with Crippen molar-refractivity contribution in [3.05, 3.63) is 0 Å². The smallest absolute Gasteiger partial charge is 0 e. The molecule has 1 nitrogen and oxygen atoms in total. The van der Waals surface area contributed by atoms with Crippen LogP contribution in [-0.4, -0.2) is 17.4 Å². The van der Waals surface area contributed by atoms with Gasteiger partial charge in [0.15, 0.2) is 17.4 Å². The second-order valence-electron chi connectivity index (χ2n) is 0. The van der Waals surface area contributed by atoms with Crippen LogP contribution >= 0.6 is 0 Å². The van der Waals surface area contributed by atoms with Crippen LogP contribution in [0.1, 0.15) is 0 Å². The maximum Gasteiger partial charge on any atom is 0 e.